The zero-order valence-electron chi connectivity index (χ0n) is 18.0. The molecule has 0 saturated carbocycles. The maximum atomic E-state index is 13.3. The molecule has 0 amide bonds. The third-order valence-corrected chi connectivity index (χ3v) is 5.83. The van der Waals surface area contributed by atoms with Crippen LogP contribution in [0.2, 0.25) is 10.0 Å². The summed E-state index contributed by atoms with van der Waals surface area (Å²) in [4.78, 5) is 4.03. The van der Waals surface area contributed by atoms with Crippen molar-refractivity contribution in [1.29, 1.82) is 0 Å². The van der Waals surface area contributed by atoms with Gasteiger partial charge >= 0.3 is 0 Å². The first-order valence-electron chi connectivity index (χ1n) is 10.3. The predicted octanol–water partition coefficient (Wildman–Crippen LogP) is 6.17. The monoisotopic (exact) mass is 519 g/mol. The summed E-state index contributed by atoms with van der Waals surface area (Å²) in [7, 11) is 0. The van der Waals surface area contributed by atoms with Crippen molar-refractivity contribution in [2.45, 2.75) is 20.1 Å². The maximum absolute atomic E-state index is 13.3. The van der Waals surface area contributed by atoms with Crippen LogP contribution < -0.4 is 14.9 Å². The number of hydrogen-bond donors (Lipinski definition) is 2. The fraction of sp³-hybridized carbons (Fsp3) is 0.174. The normalized spacial score (nSPS) is 10.8. The van der Waals surface area contributed by atoms with Gasteiger partial charge in [-0.25, -0.2) is 14.2 Å². The summed E-state index contributed by atoms with van der Waals surface area (Å²) in [6, 6.07) is 11.3. The quantitative estimate of drug-likeness (QED) is 0.257. The Morgan fingerprint density at radius 2 is 1.76 bits per heavy atom. The number of aromatic amines is 1. The Balaban J connectivity index is 1.54. The average Bonchev–Trinajstić information content (AvgIpc) is 3.20. The van der Waals surface area contributed by atoms with Crippen molar-refractivity contribution in [1.82, 2.24) is 19.9 Å². The average molecular weight is 520 g/mol. The number of H-pyrrole nitrogens is 1. The SMILES string of the molecule is CCOc1cc(CNn2c(-c3ccncc3)n[nH]c2=S)c(Cl)cc1OCc1ccc(F)cc1Cl. The molecule has 0 spiro atoms. The molecule has 176 valence electrons. The first-order chi connectivity index (χ1) is 16.5. The Morgan fingerprint density at radius 3 is 2.50 bits per heavy atom. The zero-order chi connectivity index (χ0) is 24.1. The molecule has 2 aromatic carbocycles. The molecule has 0 fully saturated rings. The Morgan fingerprint density at radius 1 is 1.03 bits per heavy atom. The van der Waals surface area contributed by atoms with Crippen LogP contribution in [0.4, 0.5) is 4.39 Å². The number of hydrogen-bond acceptors (Lipinski definition) is 6. The van der Waals surface area contributed by atoms with E-state index in [1.807, 2.05) is 19.1 Å². The summed E-state index contributed by atoms with van der Waals surface area (Å²) >= 11 is 18.0. The second-order valence-corrected chi connectivity index (χ2v) is 8.31. The largest absolute Gasteiger partial charge is 0.490 e. The summed E-state index contributed by atoms with van der Waals surface area (Å²) in [6.45, 7) is 2.78. The summed E-state index contributed by atoms with van der Waals surface area (Å²) in [5.74, 6) is 1.18. The van der Waals surface area contributed by atoms with E-state index in [4.69, 9.17) is 44.9 Å². The molecule has 0 aliphatic rings. The molecule has 0 saturated heterocycles. The number of rotatable bonds is 9. The third-order valence-electron chi connectivity index (χ3n) is 4.85. The summed E-state index contributed by atoms with van der Waals surface area (Å²) < 4.78 is 27.0. The Hall–Kier alpha value is -3.14. The van der Waals surface area contributed by atoms with Gasteiger partial charge in [0.25, 0.3) is 0 Å². The van der Waals surface area contributed by atoms with E-state index in [9.17, 15) is 4.39 Å². The van der Waals surface area contributed by atoms with Gasteiger partial charge in [-0.3, -0.25) is 4.98 Å². The van der Waals surface area contributed by atoms with Crippen molar-refractivity contribution in [2.75, 3.05) is 12.0 Å². The Labute approximate surface area is 210 Å². The van der Waals surface area contributed by atoms with E-state index < -0.39 is 5.82 Å². The molecule has 11 heteroatoms. The van der Waals surface area contributed by atoms with Crippen LogP contribution in [-0.2, 0) is 13.2 Å². The third kappa shape index (κ3) is 5.49. The molecule has 4 rings (SSSR count). The van der Waals surface area contributed by atoms with Gasteiger partial charge in [0.15, 0.2) is 17.3 Å². The standard InChI is InChI=1S/C23H20Cl2FN5O2S/c1-2-32-20-9-16(12-28-31-22(29-30-23(31)34)14-5-7-27-8-6-14)19(25)11-21(20)33-13-15-3-4-17(26)10-18(15)24/h3-11,28H,2,12-13H2,1H3,(H,30,34). The first-order valence-corrected chi connectivity index (χ1v) is 11.5. The van der Waals surface area contributed by atoms with Crippen LogP contribution in [0.3, 0.4) is 0 Å². The van der Waals surface area contributed by atoms with Crippen LogP contribution in [0.1, 0.15) is 18.1 Å². The lowest BCUT2D eigenvalue weighted by atomic mass is 10.2. The Kier molecular flexibility index (Phi) is 7.66. The van der Waals surface area contributed by atoms with Gasteiger partial charge in [0.1, 0.15) is 12.4 Å². The van der Waals surface area contributed by atoms with Crippen molar-refractivity contribution in [3.05, 3.63) is 86.6 Å². The molecule has 0 unspecified atom stereocenters. The smallest absolute Gasteiger partial charge is 0.214 e. The molecule has 7 nitrogen and oxygen atoms in total. The molecule has 34 heavy (non-hydrogen) atoms. The number of nitrogens with zero attached hydrogens (tertiary/aromatic N) is 3. The highest BCUT2D eigenvalue weighted by Crippen LogP contribution is 2.35. The van der Waals surface area contributed by atoms with E-state index in [0.29, 0.717) is 45.8 Å². The molecule has 0 aliphatic carbocycles. The van der Waals surface area contributed by atoms with Gasteiger partial charge in [-0.2, -0.15) is 5.10 Å². The van der Waals surface area contributed by atoms with Gasteiger partial charge in [-0.05, 0) is 55.0 Å². The molecule has 2 N–H and O–H groups in total. The lowest BCUT2D eigenvalue weighted by Gasteiger charge is -2.16. The highest BCUT2D eigenvalue weighted by atomic mass is 35.5. The van der Waals surface area contributed by atoms with E-state index in [2.05, 4.69) is 20.6 Å². The van der Waals surface area contributed by atoms with Crippen molar-refractivity contribution >= 4 is 35.4 Å². The van der Waals surface area contributed by atoms with E-state index in [-0.39, 0.29) is 11.6 Å². The number of pyridine rings is 1. The topological polar surface area (TPSA) is 77.0 Å². The van der Waals surface area contributed by atoms with Crippen molar-refractivity contribution in [2.24, 2.45) is 0 Å². The van der Waals surface area contributed by atoms with Gasteiger partial charge < -0.3 is 14.9 Å². The summed E-state index contributed by atoms with van der Waals surface area (Å²) in [5, 5.41) is 7.83. The van der Waals surface area contributed by atoms with E-state index in [1.54, 1.807) is 35.3 Å². The highest BCUT2D eigenvalue weighted by Gasteiger charge is 2.14. The van der Waals surface area contributed by atoms with Crippen LogP contribution in [0, 0.1) is 10.6 Å². The van der Waals surface area contributed by atoms with E-state index in [1.165, 1.54) is 12.1 Å². The fourth-order valence-corrected chi connectivity index (χ4v) is 3.83. The van der Waals surface area contributed by atoms with Gasteiger partial charge in [0.2, 0.25) is 4.77 Å². The fourth-order valence-electron chi connectivity index (χ4n) is 3.19. The molecule has 0 atom stereocenters. The first kappa shape index (κ1) is 24.0. The zero-order valence-corrected chi connectivity index (χ0v) is 20.3. The molecule has 2 aromatic heterocycles. The van der Waals surface area contributed by atoms with Crippen molar-refractivity contribution in [3.63, 3.8) is 0 Å². The predicted molar refractivity (Wildman–Crippen MR) is 132 cm³/mol. The van der Waals surface area contributed by atoms with Crippen LogP contribution in [0.25, 0.3) is 11.4 Å². The number of ether oxygens (including phenoxy) is 2. The van der Waals surface area contributed by atoms with Crippen molar-refractivity contribution < 1.29 is 13.9 Å². The molecule has 4 aromatic rings. The molecular weight excluding hydrogens is 500 g/mol. The Bertz CT molecular complexity index is 1350. The highest BCUT2D eigenvalue weighted by molar-refractivity contribution is 7.71. The van der Waals surface area contributed by atoms with Crippen LogP contribution in [0.5, 0.6) is 11.5 Å². The molecule has 2 heterocycles. The maximum Gasteiger partial charge on any atom is 0.214 e. The van der Waals surface area contributed by atoms with Gasteiger partial charge in [-0.15, -0.1) is 0 Å². The summed E-state index contributed by atoms with van der Waals surface area (Å²) in [5.41, 5.74) is 5.50. The molecule has 0 radical (unpaired) electrons. The lowest BCUT2D eigenvalue weighted by Crippen LogP contribution is -2.16. The van der Waals surface area contributed by atoms with Crippen LogP contribution in [-0.4, -0.2) is 26.5 Å². The second-order valence-electron chi connectivity index (χ2n) is 7.11. The van der Waals surface area contributed by atoms with Gasteiger partial charge in [-0.1, -0.05) is 29.3 Å². The van der Waals surface area contributed by atoms with E-state index in [0.717, 1.165) is 11.1 Å². The van der Waals surface area contributed by atoms with E-state index >= 15 is 0 Å². The minimum absolute atomic E-state index is 0.132. The van der Waals surface area contributed by atoms with Gasteiger partial charge in [0, 0.05) is 34.6 Å². The minimum atomic E-state index is -0.409. The molecule has 0 aliphatic heterocycles. The second kappa shape index (κ2) is 10.9. The number of aromatic nitrogens is 4. The summed E-state index contributed by atoms with van der Waals surface area (Å²) in [6.07, 6.45) is 3.36. The van der Waals surface area contributed by atoms with Crippen molar-refractivity contribution in [3.8, 4) is 22.9 Å². The van der Waals surface area contributed by atoms with Crippen LogP contribution in [0.15, 0.2) is 54.9 Å². The molecular formula is C23H20Cl2FN5O2S. The number of nitrogens with one attached hydrogen (secondary N) is 2. The van der Waals surface area contributed by atoms with Crippen LogP contribution >= 0.6 is 35.4 Å². The molecule has 0 bridgehead atoms. The number of halogens is 3. The van der Waals surface area contributed by atoms with Gasteiger partial charge in [0.05, 0.1) is 18.2 Å². The number of benzene rings is 2. The minimum Gasteiger partial charge on any atom is -0.490 e. The lowest BCUT2D eigenvalue weighted by molar-refractivity contribution is 0.269.